The van der Waals surface area contributed by atoms with Crippen molar-refractivity contribution in [1.82, 2.24) is 14.9 Å². The third-order valence-electron chi connectivity index (χ3n) is 4.52. The molecule has 2 fully saturated rings. The van der Waals surface area contributed by atoms with Crippen molar-refractivity contribution in [3.8, 4) is 0 Å². The normalized spacial score (nSPS) is 18.9. The number of aromatic carboxylic acids is 1. The molecule has 0 unspecified atom stereocenters. The summed E-state index contributed by atoms with van der Waals surface area (Å²) < 4.78 is 0. The molecule has 0 spiro atoms. The first-order valence-corrected chi connectivity index (χ1v) is 8.01. The van der Waals surface area contributed by atoms with Gasteiger partial charge >= 0.3 is 5.97 Å². The number of carbonyl (C=O) groups is 2. The van der Waals surface area contributed by atoms with Gasteiger partial charge in [0.15, 0.2) is 5.69 Å². The molecule has 0 bridgehead atoms. The lowest BCUT2D eigenvalue weighted by molar-refractivity contribution is 0.0611. The van der Waals surface area contributed by atoms with Gasteiger partial charge in [-0.15, -0.1) is 0 Å². The van der Waals surface area contributed by atoms with E-state index in [0.29, 0.717) is 12.0 Å². The summed E-state index contributed by atoms with van der Waals surface area (Å²) in [6.07, 6.45) is 10.5. The van der Waals surface area contributed by atoms with E-state index < -0.39 is 5.97 Å². The second kappa shape index (κ2) is 6.42. The van der Waals surface area contributed by atoms with Gasteiger partial charge < -0.3 is 10.0 Å². The van der Waals surface area contributed by atoms with Crippen LogP contribution in [0.15, 0.2) is 12.4 Å². The maximum absolute atomic E-state index is 12.8. The average molecular weight is 303 g/mol. The number of hydrogen-bond donors (Lipinski definition) is 1. The quantitative estimate of drug-likeness (QED) is 0.902. The van der Waals surface area contributed by atoms with Crippen molar-refractivity contribution < 1.29 is 14.7 Å². The molecule has 3 rings (SSSR count). The maximum atomic E-state index is 12.8. The fourth-order valence-electron chi connectivity index (χ4n) is 3.07. The molecule has 2 saturated carbocycles. The van der Waals surface area contributed by atoms with Crippen LogP contribution in [-0.2, 0) is 0 Å². The molecule has 1 aromatic heterocycles. The standard InChI is InChI=1S/C16H21N3O3/c20-15(13-8-18-14(9-17-13)16(21)22)19(10-11-6-7-11)12-4-2-1-3-5-12/h8-9,11-12H,1-7,10H2,(H,21,22). The Morgan fingerprint density at radius 3 is 2.23 bits per heavy atom. The molecule has 0 aromatic carbocycles. The Labute approximate surface area is 129 Å². The van der Waals surface area contributed by atoms with E-state index in [4.69, 9.17) is 5.11 Å². The zero-order valence-electron chi connectivity index (χ0n) is 12.6. The van der Waals surface area contributed by atoms with Gasteiger partial charge in [-0.05, 0) is 31.6 Å². The summed E-state index contributed by atoms with van der Waals surface area (Å²) in [6.45, 7) is 0.797. The molecule has 0 aliphatic heterocycles. The molecule has 1 N–H and O–H groups in total. The van der Waals surface area contributed by atoms with Crippen molar-refractivity contribution in [3.05, 3.63) is 23.8 Å². The van der Waals surface area contributed by atoms with Crippen LogP contribution in [0.5, 0.6) is 0 Å². The summed E-state index contributed by atoms with van der Waals surface area (Å²) in [7, 11) is 0. The first-order valence-electron chi connectivity index (χ1n) is 8.01. The Kier molecular flexibility index (Phi) is 4.36. The monoisotopic (exact) mass is 303 g/mol. The number of carboxylic acids is 1. The number of rotatable bonds is 5. The highest BCUT2D eigenvalue weighted by atomic mass is 16.4. The van der Waals surface area contributed by atoms with Crippen LogP contribution in [0.25, 0.3) is 0 Å². The number of nitrogens with zero attached hydrogens (tertiary/aromatic N) is 3. The number of carboxylic acid groups (broad SMARTS) is 1. The minimum atomic E-state index is -1.13. The Morgan fingerprint density at radius 1 is 1.05 bits per heavy atom. The summed E-state index contributed by atoms with van der Waals surface area (Å²) >= 11 is 0. The largest absolute Gasteiger partial charge is 0.476 e. The molecule has 1 aromatic rings. The van der Waals surface area contributed by atoms with Crippen LogP contribution in [0, 0.1) is 5.92 Å². The van der Waals surface area contributed by atoms with Gasteiger partial charge in [-0.2, -0.15) is 0 Å². The highest BCUT2D eigenvalue weighted by Gasteiger charge is 2.32. The smallest absolute Gasteiger partial charge is 0.356 e. The molecule has 1 amide bonds. The Balaban J connectivity index is 1.76. The van der Waals surface area contributed by atoms with Crippen molar-refractivity contribution in [3.63, 3.8) is 0 Å². The van der Waals surface area contributed by atoms with Gasteiger partial charge in [0.2, 0.25) is 0 Å². The molecular formula is C16H21N3O3. The lowest BCUT2D eigenvalue weighted by Gasteiger charge is -2.34. The molecule has 6 heteroatoms. The van der Waals surface area contributed by atoms with Crippen molar-refractivity contribution in [2.24, 2.45) is 5.92 Å². The van der Waals surface area contributed by atoms with E-state index in [1.165, 1.54) is 38.3 Å². The van der Waals surface area contributed by atoms with Gasteiger partial charge in [-0.3, -0.25) is 4.79 Å². The van der Waals surface area contributed by atoms with Gasteiger partial charge in [-0.25, -0.2) is 14.8 Å². The van der Waals surface area contributed by atoms with E-state index in [1.54, 1.807) is 0 Å². The van der Waals surface area contributed by atoms with E-state index in [-0.39, 0.29) is 17.3 Å². The van der Waals surface area contributed by atoms with Gasteiger partial charge in [-0.1, -0.05) is 19.3 Å². The second-order valence-electron chi connectivity index (χ2n) is 6.28. The van der Waals surface area contributed by atoms with Crippen LogP contribution in [0.1, 0.15) is 65.9 Å². The van der Waals surface area contributed by atoms with Crippen molar-refractivity contribution in [1.29, 1.82) is 0 Å². The fourth-order valence-corrected chi connectivity index (χ4v) is 3.07. The van der Waals surface area contributed by atoms with E-state index >= 15 is 0 Å². The number of aromatic nitrogens is 2. The van der Waals surface area contributed by atoms with Crippen LogP contribution >= 0.6 is 0 Å². The van der Waals surface area contributed by atoms with Crippen molar-refractivity contribution >= 4 is 11.9 Å². The second-order valence-corrected chi connectivity index (χ2v) is 6.28. The molecule has 0 saturated heterocycles. The summed E-state index contributed by atoms with van der Waals surface area (Å²) in [6, 6.07) is 0.294. The van der Waals surface area contributed by atoms with Crippen LogP contribution in [0.3, 0.4) is 0 Å². The average Bonchev–Trinajstić information content (AvgIpc) is 3.37. The predicted molar refractivity (Wildman–Crippen MR) is 79.6 cm³/mol. The maximum Gasteiger partial charge on any atom is 0.356 e. The van der Waals surface area contributed by atoms with Gasteiger partial charge in [0.25, 0.3) is 5.91 Å². The molecule has 118 valence electrons. The van der Waals surface area contributed by atoms with Gasteiger partial charge in [0.05, 0.1) is 12.4 Å². The molecule has 1 heterocycles. The number of carbonyl (C=O) groups excluding carboxylic acids is 1. The highest BCUT2D eigenvalue weighted by Crippen LogP contribution is 2.33. The van der Waals surface area contributed by atoms with Crippen LogP contribution in [-0.4, -0.2) is 44.4 Å². The first kappa shape index (κ1) is 14.9. The lowest BCUT2D eigenvalue weighted by Crippen LogP contribution is -2.43. The van der Waals surface area contributed by atoms with Gasteiger partial charge in [0, 0.05) is 12.6 Å². The zero-order chi connectivity index (χ0) is 15.5. The lowest BCUT2D eigenvalue weighted by atomic mass is 9.93. The summed E-state index contributed by atoms with van der Waals surface area (Å²) in [4.78, 5) is 33.4. The molecule has 0 radical (unpaired) electrons. The van der Waals surface area contributed by atoms with E-state index in [0.717, 1.165) is 25.6 Å². The predicted octanol–water partition coefficient (Wildman–Crippen LogP) is 2.36. The number of hydrogen-bond acceptors (Lipinski definition) is 4. The molecule has 0 atom stereocenters. The third-order valence-corrected chi connectivity index (χ3v) is 4.52. The van der Waals surface area contributed by atoms with E-state index in [1.807, 2.05) is 4.90 Å². The summed E-state index contributed by atoms with van der Waals surface area (Å²) in [5, 5.41) is 8.86. The van der Waals surface area contributed by atoms with Crippen molar-refractivity contribution in [2.75, 3.05) is 6.54 Å². The SMILES string of the molecule is O=C(O)c1cnc(C(=O)N(CC2CC2)C2CCCCC2)cn1. The molecule has 2 aliphatic rings. The Hall–Kier alpha value is -1.98. The van der Waals surface area contributed by atoms with Crippen molar-refractivity contribution in [2.45, 2.75) is 51.0 Å². The van der Waals surface area contributed by atoms with E-state index in [9.17, 15) is 9.59 Å². The minimum Gasteiger partial charge on any atom is -0.476 e. The molecule has 2 aliphatic carbocycles. The van der Waals surface area contributed by atoms with E-state index in [2.05, 4.69) is 9.97 Å². The minimum absolute atomic E-state index is 0.108. The van der Waals surface area contributed by atoms with Gasteiger partial charge in [0.1, 0.15) is 5.69 Å². The zero-order valence-corrected chi connectivity index (χ0v) is 12.6. The third kappa shape index (κ3) is 3.43. The molecule has 22 heavy (non-hydrogen) atoms. The topological polar surface area (TPSA) is 83.4 Å². The van der Waals surface area contributed by atoms with Crippen LogP contribution < -0.4 is 0 Å². The summed E-state index contributed by atoms with van der Waals surface area (Å²) in [5.74, 6) is -0.617. The number of amides is 1. The first-order chi connectivity index (χ1) is 10.6. The molecule has 6 nitrogen and oxygen atoms in total. The highest BCUT2D eigenvalue weighted by molar-refractivity contribution is 5.93. The Bertz CT molecular complexity index is 548. The fraction of sp³-hybridized carbons (Fsp3) is 0.625. The van der Waals surface area contributed by atoms with Crippen LogP contribution in [0.2, 0.25) is 0 Å². The molecular weight excluding hydrogens is 282 g/mol. The summed E-state index contributed by atoms with van der Waals surface area (Å²) in [5.41, 5.74) is 0.110. The Morgan fingerprint density at radius 2 is 1.68 bits per heavy atom. The van der Waals surface area contributed by atoms with Crippen LogP contribution in [0.4, 0.5) is 0 Å².